The summed E-state index contributed by atoms with van der Waals surface area (Å²) in [5.41, 5.74) is 6.77. The fraction of sp³-hybridized carbons (Fsp3) is 0.588. The number of benzene rings is 1. The maximum Gasteiger partial charge on any atom is 0.242 e. The van der Waals surface area contributed by atoms with Gasteiger partial charge in [0, 0.05) is 18.5 Å². The van der Waals surface area contributed by atoms with Crippen molar-refractivity contribution in [2.45, 2.75) is 56.5 Å². The molecule has 1 saturated heterocycles. The lowest BCUT2D eigenvalue weighted by molar-refractivity contribution is -0.137. The Morgan fingerprint density at radius 2 is 1.86 bits per heavy atom. The molecule has 0 aromatic heterocycles. The third-order valence-corrected chi connectivity index (χ3v) is 5.10. The lowest BCUT2D eigenvalue weighted by Crippen LogP contribution is -2.54. The molecule has 1 aliphatic heterocycles. The molecule has 3 nitrogen and oxygen atoms in total. The van der Waals surface area contributed by atoms with Crippen LogP contribution in [0, 0.1) is 5.82 Å². The first kappa shape index (κ1) is 17.2. The third-order valence-electron chi connectivity index (χ3n) is 5.10. The van der Waals surface area contributed by atoms with E-state index >= 15 is 0 Å². The maximum atomic E-state index is 13.0. The van der Waals surface area contributed by atoms with E-state index in [1.807, 2.05) is 17.0 Å². The Kier molecular flexibility index (Phi) is 5.13. The van der Waals surface area contributed by atoms with Crippen LogP contribution in [0.2, 0.25) is 0 Å². The molecule has 22 heavy (non-hydrogen) atoms. The van der Waals surface area contributed by atoms with E-state index in [4.69, 9.17) is 5.73 Å². The van der Waals surface area contributed by atoms with Crippen LogP contribution >= 0.6 is 12.4 Å². The van der Waals surface area contributed by atoms with Gasteiger partial charge in [0.1, 0.15) is 5.82 Å². The minimum atomic E-state index is -0.647. The largest absolute Gasteiger partial charge is 0.338 e. The van der Waals surface area contributed by atoms with E-state index in [9.17, 15) is 9.18 Å². The van der Waals surface area contributed by atoms with Crippen molar-refractivity contribution >= 4 is 18.3 Å². The molecule has 2 atom stereocenters. The van der Waals surface area contributed by atoms with Gasteiger partial charge in [-0.1, -0.05) is 25.0 Å². The SMILES string of the molecule is CC1CC(c2ccc(F)cc2)CN1C(=O)C1(N)CCCC1.Cl. The lowest BCUT2D eigenvalue weighted by Gasteiger charge is -2.31. The Morgan fingerprint density at radius 1 is 1.27 bits per heavy atom. The van der Waals surface area contributed by atoms with Gasteiger partial charge in [-0.15, -0.1) is 12.4 Å². The van der Waals surface area contributed by atoms with Crippen LogP contribution in [0.25, 0.3) is 0 Å². The molecule has 2 aliphatic rings. The van der Waals surface area contributed by atoms with Crippen LogP contribution in [0.15, 0.2) is 24.3 Å². The number of nitrogens with two attached hydrogens (primary N) is 1. The number of hydrogen-bond acceptors (Lipinski definition) is 2. The smallest absolute Gasteiger partial charge is 0.242 e. The summed E-state index contributed by atoms with van der Waals surface area (Å²) in [4.78, 5) is 14.7. The van der Waals surface area contributed by atoms with Gasteiger partial charge in [-0.25, -0.2) is 4.39 Å². The van der Waals surface area contributed by atoms with Crippen LogP contribution in [0.3, 0.4) is 0 Å². The van der Waals surface area contributed by atoms with Gasteiger partial charge < -0.3 is 10.6 Å². The Hall–Kier alpha value is -1.13. The summed E-state index contributed by atoms with van der Waals surface area (Å²) in [6.07, 6.45) is 4.62. The second-order valence-corrected chi connectivity index (χ2v) is 6.65. The van der Waals surface area contributed by atoms with Crippen LogP contribution in [-0.2, 0) is 4.79 Å². The second kappa shape index (κ2) is 6.55. The molecule has 1 aromatic rings. The summed E-state index contributed by atoms with van der Waals surface area (Å²) in [6.45, 7) is 2.78. The van der Waals surface area contributed by atoms with E-state index in [-0.39, 0.29) is 36.1 Å². The zero-order valence-corrected chi connectivity index (χ0v) is 13.7. The molecule has 1 aromatic carbocycles. The quantitative estimate of drug-likeness (QED) is 0.907. The van der Waals surface area contributed by atoms with Crippen molar-refractivity contribution in [3.63, 3.8) is 0 Å². The molecule has 1 saturated carbocycles. The molecular weight excluding hydrogens is 303 g/mol. The highest BCUT2D eigenvalue weighted by Crippen LogP contribution is 2.36. The summed E-state index contributed by atoms with van der Waals surface area (Å²) in [6, 6.07) is 6.84. The van der Waals surface area contributed by atoms with Crippen LogP contribution in [0.5, 0.6) is 0 Å². The van der Waals surface area contributed by atoms with Gasteiger partial charge in [-0.2, -0.15) is 0 Å². The van der Waals surface area contributed by atoms with E-state index in [1.54, 1.807) is 0 Å². The third kappa shape index (κ3) is 3.13. The predicted molar refractivity (Wildman–Crippen MR) is 87.6 cm³/mol. The lowest BCUT2D eigenvalue weighted by atomic mass is 9.96. The highest BCUT2D eigenvalue weighted by atomic mass is 35.5. The van der Waals surface area contributed by atoms with E-state index in [0.29, 0.717) is 6.54 Å². The average Bonchev–Trinajstić information content (AvgIpc) is 3.06. The van der Waals surface area contributed by atoms with E-state index < -0.39 is 5.54 Å². The highest BCUT2D eigenvalue weighted by molar-refractivity contribution is 5.87. The molecule has 2 unspecified atom stereocenters. The maximum absolute atomic E-state index is 13.0. The van der Waals surface area contributed by atoms with E-state index in [2.05, 4.69) is 6.92 Å². The fourth-order valence-electron chi connectivity index (χ4n) is 3.80. The standard InChI is InChI=1S/C17H23FN2O.ClH/c1-12-10-14(13-4-6-15(18)7-5-13)11-20(12)16(21)17(19)8-2-3-9-17;/h4-7,12,14H,2-3,8-11,19H2,1H3;1H. The average molecular weight is 327 g/mol. The van der Waals surface area contributed by atoms with Gasteiger partial charge in [0.2, 0.25) is 5.91 Å². The van der Waals surface area contributed by atoms with Crippen LogP contribution in [0.4, 0.5) is 4.39 Å². The van der Waals surface area contributed by atoms with Crippen LogP contribution < -0.4 is 5.73 Å². The molecular formula is C17H24ClFN2O. The minimum absolute atomic E-state index is 0. The van der Waals surface area contributed by atoms with E-state index in [0.717, 1.165) is 37.7 Å². The molecule has 5 heteroatoms. The second-order valence-electron chi connectivity index (χ2n) is 6.65. The molecule has 2 N–H and O–H groups in total. The topological polar surface area (TPSA) is 46.3 Å². The molecule has 0 radical (unpaired) electrons. The number of carbonyl (C=O) groups excluding carboxylic acids is 1. The number of rotatable bonds is 2. The van der Waals surface area contributed by atoms with Gasteiger partial charge in [0.25, 0.3) is 0 Å². The summed E-state index contributed by atoms with van der Waals surface area (Å²) in [5.74, 6) is 0.177. The Balaban J connectivity index is 0.00000176. The zero-order valence-electron chi connectivity index (χ0n) is 12.9. The predicted octanol–water partition coefficient (Wildman–Crippen LogP) is 3.22. The van der Waals surface area contributed by atoms with Gasteiger partial charge in [0.15, 0.2) is 0 Å². The number of nitrogens with zero attached hydrogens (tertiary/aromatic N) is 1. The van der Waals surface area contributed by atoms with Crippen molar-refractivity contribution < 1.29 is 9.18 Å². The Morgan fingerprint density at radius 3 is 2.45 bits per heavy atom. The molecule has 3 rings (SSSR count). The van der Waals surface area contributed by atoms with Crippen molar-refractivity contribution in [2.24, 2.45) is 5.73 Å². The van der Waals surface area contributed by atoms with E-state index in [1.165, 1.54) is 12.1 Å². The minimum Gasteiger partial charge on any atom is -0.338 e. The summed E-state index contributed by atoms with van der Waals surface area (Å²) in [5, 5.41) is 0. The zero-order chi connectivity index (χ0) is 15.0. The molecule has 0 bridgehead atoms. The number of amides is 1. The fourth-order valence-corrected chi connectivity index (χ4v) is 3.80. The summed E-state index contributed by atoms with van der Waals surface area (Å²) < 4.78 is 13.0. The molecule has 1 amide bonds. The number of hydrogen-bond donors (Lipinski definition) is 1. The number of halogens is 2. The normalized spacial score (nSPS) is 26.8. The number of carbonyl (C=O) groups is 1. The van der Waals surface area contributed by atoms with Crippen molar-refractivity contribution in [1.82, 2.24) is 4.90 Å². The molecule has 122 valence electrons. The van der Waals surface area contributed by atoms with Gasteiger partial charge in [0.05, 0.1) is 5.54 Å². The van der Waals surface area contributed by atoms with Gasteiger partial charge in [-0.3, -0.25) is 4.79 Å². The van der Waals surface area contributed by atoms with Crippen LogP contribution in [-0.4, -0.2) is 28.9 Å². The van der Waals surface area contributed by atoms with Crippen molar-refractivity contribution in [1.29, 1.82) is 0 Å². The highest BCUT2D eigenvalue weighted by Gasteiger charge is 2.44. The first-order valence-electron chi connectivity index (χ1n) is 7.85. The Bertz CT molecular complexity index is 528. The molecule has 2 fully saturated rings. The number of likely N-dealkylation sites (tertiary alicyclic amines) is 1. The first-order valence-corrected chi connectivity index (χ1v) is 7.85. The van der Waals surface area contributed by atoms with Crippen molar-refractivity contribution in [3.8, 4) is 0 Å². The van der Waals surface area contributed by atoms with Crippen LogP contribution in [0.1, 0.15) is 50.5 Å². The van der Waals surface area contributed by atoms with Crippen molar-refractivity contribution in [3.05, 3.63) is 35.6 Å². The molecule has 0 spiro atoms. The van der Waals surface area contributed by atoms with Gasteiger partial charge >= 0.3 is 0 Å². The van der Waals surface area contributed by atoms with Crippen molar-refractivity contribution in [2.75, 3.05) is 6.54 Å². The molecule has 1 heterocycles. The summed E-state index contributed by atoms with van der Waals surface area (Å²) >= 11 is 0. The monoisotopic (exact) mass is 326 g/mol. The Labute approximate surface area is 137 Å². The molecule has 1 aliphatic carbocycles. The van der Waals surface area contributed by atoms with Gasteiger partial charge in [-0.05, 0) is 43.9 Å². The first-order chi connectivity index (χ1) is 9.99. The summed E-state index contributed by atoms with van der Waals surface area (Å²) in [7, 11) is 0.